The van der Waals surface area contributed by atoms with Gasteiger partial charge >= 0.3 is 11.7 Å². The number of fused-ring (bicyclic) bond motifs is 1. The molecule has 12 heteroatoms. The molecule has 2 N–H and O–H groups in total. The van der Waals surface area contributed by atoms with Crippen LogP contribution < -0.4 is 19.8 Å². The minimum absolute atomic E-state index is 0. The Morgan fingerprint density at radius 2 is 1.94 bits per heavy atom. The Morgan fingerprint density at radius 1 is 1.24 bits per heavy atom. The predicted octanol–water partition coefficient (Wildman–Crippen LogP) is 2.12. The Morgan fingerprint density at radius 3 is 2.56 bits per heavy atom. The number of amides is 1. The summed E-state index contributed by atoms with van der Waals surface area (Å²) < 4.78 is 38.7. The third-order valence-corrected chi connectivity index (χ3v) is 5.94. The number of aryl methyl sites for hydroxylation is 1. The van der Waals surface area contributed by atoms with Crippen LogP contribution in [0.25, 0.3) is 11.0 Å². The fraction of sp³-hybridized carbons (Fsp3) is 0.227. The van der Waals surface area contributed by atoms with Gasteiger partial charge in [-0.25, -0.2) is 14.3 Å². The fourth-order valence-electron chi connectivity index (χ4n) is 3.13. The normalized spacial score (nSPS) is 10.8. The van der Waals surface area contributed by atoms with Crippen LogP contribution in [-0.4, -0.2) is 91.9 Å². The van der Waals surface area contributed by atoms with E-state index < -0.39 is 21.9 Å². The minimum Gasteiger partial charge on any atom is -0.422 e. The van der Waals surface area contributed by atoms with Crippen LogP contribution in [0.3, 0.4) is 0 Å². The summed E-state index contributed by atoms with van der Waals surface area (Å²) in [5.41, 5.74) is 1.68. The predicted molar refractivity (Wildman–Crippen MR) is 128 cm³/mol. The van der Waals surface area contributed by atoms with Crippen molar-refractivity contribution in [1.29, 1.82) is 5.26 Å². The van der Waals surface area contributed by atoms with E-state index >= 15 is 0 Å². The van der Waals surface area contributed by atoms with Crippen LogP contribution in [-0.2, 0) is 16.6 Å². The standard InChI is InChI=1S/C22H22N4O6S.K/c1-13-17-10-15(12-23)19(32-22(28)26(3)4)11-20(17)31-21(27)18(13)9-14-6-5-7-16(8-14)25-33(29,30)24-2;/h5-8,10-11,24-25H,9H2,1-4H3;. The van der Waals surface area contributed by atoms with Gasteiger partial charge in [-0.2, -0.15) is 13.7 Å². The van der Waals surface area contributed by atoms with Crippen molar-refractivity contribution >= 4 is 84.3 Å². The molecule has 0 spiro atoms. The smallest absolute Gasteiger partial charge is 0.414 e. The maximum absolute atomic E-state index is 12.7. The molecule has 1 radical (unpaired) electrons. The van der Waals surface area contributed by atoms with Crippen molar-refractivity contribution in [3.05, 3.63) is 69.1 Å². The SMILES string of the molecule is CNS(=O)(=O)Nc1cccc(Cc2c(C)c3cc(C#N)c(OC(=O)N(C)C)cc3oc2=O)c1.[K]. The third kappa shape index (κ3) is 6.45. The zero-order chi connectivity index (χ0) is 24.3. The molecule has 34 heavy (non-hydrogen) atoms. The van der Waals surface area contributed by atoms with Gasteiger partial charge in [-0.05, 0) is 36.2 Å². The van der Waals surface area contributed by atoms with E-state index in [0.717, 1.165) is 0 Å². The molecular weight excluding hydrogens is 487 g/mol. The molecule has 0 saturated heterocycles. The molecule has 10 nitrogen and oxygen atoms in total. The molecule has 173 valence electrons. The number of carbonyl (C=O) groups excluding carboxylic acids is 1. The van der Waals surface area contributed by atoms with Gasteiger partial charge in [0.15, 0.2) is 5.75 Å². The zero-order valence-electron chi connectivity index (χ0n) is 19.4. The number of carbonyl (C=O) groups is 1. The van der Waals surface area contributed by atoms with Gasteiger partial charge in [-0.15, -0.1) is 0 Å². The van der Waals surface area contributed by atoms with E-state index in [1.54, 1.807) is 31.2 Å². The molecule has 1 aromatic heterocycles. The number of nitrogens with zero attached hydrogens (tertiary/aromatic N) is 2. The second kappa shape index (κ2) is 11.5. The first-order valence-corrected chi connectivity index (χ1v) is 11.2. The Bertz CT molecular complexity index is 1440. The number of ether oxygens (including phenoxy) is 1. The van der Waals surface area contributed by atoms with E-state index in [9.17, 15) is 23.3 Å². The number of nitrogens with one attached hydrogen (secondary N) is 2. The summed E-state index contributed by atoms with van der Waals surface area (Å²) in [6.45, 7) is 1.73. The monoisotopic (exact) mass is 509 g/mol. The molecule has 0 atom stereocenters. The molecule has 0 unspecified atom stereocenters. The van der Waals surface area contributed by atoms with E-state index in [-0.39, 0.29) is 74.7 Å². The van der Waals surface area contributed by atoms with Crippen molar-refractivity contribution in [2.24, 2.45) is 0 Å². The first kappa shape index (κ1) is 28.0. The van der Waals surface area contributed by atoms with Gasteiger partial charge in [0.25, 0.3) is 10.2 Å². The van der Waals surface area contributed by atoms with Gasteiger partial charge in [0.05, 0.1) is 11.3 Å². The van der Waals surface area contributed by atoms with Crippen molar-refractivity contribution in [2.45, 2.75) is 13.3 Å². The quantitative estimate of drug-likeness (QED) is 0.383. The van der Waals surface area contributed by atoms with E-state index in [1.165, 1.54) is 38.2 Å². The number of rotatable bonds is 6. The Labute approximate surface area is 239 Å². The van der Waals surface area contributed by atoms with Gasteiger partial charge in [-0.3, -0.25) is 4.72 Å². The molecule has 0 aliphatic heterocycles. The Balaban J connectivity index is 0.00000408. The summed E-state index contributed by atoms with van der Waals surface area (Å²) in [6, 6.07) is 11.5. The summed E-state index contributed by atoms with van der Waals surface area (Å²) >= 11 is 0. The van der Waals surface area contributed by atoms with Gasteiger partial charge in [0.2, 0.25) is 0 Å². The molecule has 1 amide bonds. The number of anilines is 1. The van der Waals surface area contributed by atoms with Gasteiger partial charge in [0.1, 0.15) is 11.7 Å². The maximum atomic E-state index is 12.7. The molecule has 3 aromatic rings. The molecule has 1 heterocycles. The maximum Gasteiger partial charge on any atom is 0.414 e. The minimum atomic E-state index is -3.68. The van der Waals surface area contributed by atoms with Crippen LogP contribution >= 0.6 is 0 Å². The van der Waals surface area contributed by atoms with Crippen molar-refractivity contribution in [3.8, 4) is 11.8 Å². The van der Waals surface area contributed by atoms with Crippen LogP contribution in [0.1, 0.15) is 22.3 Å². The third-order valence-electron chi connectivity index (χ3n) is 4.90. The summed E-state index contributed by atoms with van der Waals surface area (Å²) in [5.74, 6) is -0.0106. The molecule has 0 bridgehead atoms. The molecule has 2 aromatic carbocycles. The first-order valence-electron chi connectivity index (χ1n) is 9.74. The molecule has 0 fully saturated rings. The van der Waals surface area contributed by atoms with Gasteiger partial charge in [0, 0.05) is 96.0 Å². The van der Waals surface area contributed by atoms with E-state index in [4.69, 9.17) is 9.15 Å². The van der Waals surface area contributed by atoms with Gasteiger partial charge in [-0.1, -0.05) is 12.1 Å². The number of nitriles is 1. The molecule has 3 rings (SSSR count). The molecule has 0 saturated carbocycles. The average Bonchev–Trinajstić information content (AvgIpc) is 2.76. The van der Waals surface area contributed by atoms with Gasteiger partial charge < -0.3 is 14.1 Å². The topological polar surface area (TPSA) is 142 Å². The molecule has 0 aliphatic carbocycles. The molecule has 0 aliphatic rings. The van der Waals surface area contributed by atoms with Crippen LogP contribution in [0, 0.1) is 18.3 Å². The van der Waals surface area contributed by atoms with E-state index in [0.29, 0.717) is 27.8 Å². The second-order valence-electron chi connectivity index (χ2n) is 7.40. The van der Waals surface area contributed by atoms with E-state index in [1.807, 2.05) is 6.07 Å². The Kier molecular flexibility index (Phi) is 9.43. The Hall–Kier alpha value is -2.24. The number of hydrogen-bond donors (Lipinski definition) is 2. The van der Waals surface area contributed by atoms with Crippen LogP contribution in [0.15, 0.2) is 45.6 Å². The summed E-state index contributed by atoms with van der Waals surface area (Å²) in [6.07, 6.45) is -0.492. The summed E-state index contributed by atoms with van der Waals surface area (Å²) in [7, 11) is 0.616. The van der Waals surface area contributed by atoms with Crippen LogP contribution in [0.4, 0.5) is 10.5 Å². The zero-order valence-corrected chi connectivity index (χ0v) is 23.4. The average molecular weight is 510 g/mol. The van der Waals surface area contributed by atoms with Crippen molar-refractivity contribution < 1.29 is 22.4 Å². The molecular formula is C22H22KN4O6S. The van der Waals surface area contributed by atoms with Crippen LogP contribution in [0.5, 0.6) is 5.75 Å². The van der Waals surface area contributed by atoms with Crippen LogP contribution in [0.2, 0.25) is 0 Å². The summed E-state index contributed by atoms with van der Waals surface area (Å²) in [5, 5.41) is 10.0. The fourth-order valence-corrected chi connectivity index (χ4v) is 3.67. The van der Waals surface area contributed by atoms with Crippen molar-refractivity contribution in [2.75, 3.05) is 25.9 Å². The number of benzene rings is 2. The second-order valence-corrected chi connectivity index (χ2v) is 9.02. The van der Waals surface area contributed by atoms with Crippen molar-refractivity contribution in [1.82, 2.24) is 9.62 Å². The van der Waals surface area contributed by atoms with E-state index in [2.05, 4.69) is 9.44 Å². The largest absolute Gasteiger partial charge is 0.422 e. The van der Waals surface area contributed by atoms with Crippen molar-refractivity contribution in [3.63, 3.8) is 0 Å². The summed E-state index contributed by atoms with van der Waals surface area (Å²) in [4.78, 5) is 25.9. The number of hydrogen-bond acceptors (Lipinski definition) is 7. The first-order chi connectivity index (χ1) is 15.5.